The average Bonchev–Trinajstić information content (AvgIpc) is 3.04. The highest BCUT2D eigenvalue weighted by Gasteiger charge is 2.36. The molecule has 0 radical (unpaired) electrons. The highest BCUT2D eigenvalue weighted by atomic mass is 16.4. The predicted octanol–water partition coefficient (Wildman–Crippen LogP) is 1.47. The van der Waals surface area contributed by atoms with Gasteiger partial charge in [-0.2, -0.15) is 0 Å². The van der Waals surface area contributed by atoms with Crippen molar-refractivity contribution in [3.05, 3.63) is 47.0 Å². The second kappa shape index (κ2) is 7.65. The third kappa shape index (κ3) is 4.44. The molecule has 0 spiro atoms. The second-order valence-electron chi connectivity index (χ2n) is 8.38. The molecule has 29 heavy (non-hydrogen) atoms. The number of hydrogen-bond donors (Lipinski definition) is 2. The Kier molecular flexibility index (Phi) is 5.41. The number of nitrogens with one attached hydrogen (secondary N) is 1. The van der Waals surface area contributed by atoms with Crippen LogP contribution in [0.15, 0.2) is 24.3 Å². The van der Waals surface area contributed by atoms with Crippen LogP contribution in [0.4, 0.5) is 0 Å². The SMILES string of the molecule is Cc1nnc2n1CC(C(=O)O)N(C(=O)c1ccc(C(=O)NCC(C)(C)C)cc1)C2. The minimum absolute atomic E-state index is 0.0371. The molecule has 0 fully saturated rings. The van der Waals surface area contributed by atoms with Gasteiger partial charge in [0.25, 0.3) is 11.8 Å². The van der Waals surface area contributed by atoms with E-state index in [4.69, 9.17) is 0 Å². The number of fused-ring (bicyclic) bond motifs is 1. The van der Waals surface area contributed by atoms with Crippen LogP contribution >= 0.6 is 0 Å². The van der Waals surface area contributed by atoms with E-state index in [0.717, 1.165) is 0 Å². The quantitative estimate of drug-likeness (QED) is 0.804. The predicted molar refractivity (Wildman–Crippen MR) is 104 cm³/mol. The van der Waals surface area contributed by atoms with E-state index in [0.29, 0.717) is 29.3 Å². The zero-order valence-electron chi connectivity index (χ0n) is 17.0. The molecule has 9 heteroatoms. The van der Waals surface area contributed by atoms with Crippen LogP contribution in [0.3, 0.4) is 0 Å². The summed E-state index contributed by atoms with van der Waals surface area (Å²) < 4.78 is 1.71. The molecule has 9 nitrogen and oxygen atoms in total. The van der Waals surface area contributed by atoms with Gasteiger partial charge in [-0.15, -0.1) is 10.2 Å². The van der Waals surface area contributed by atoms with E-state index in [1.54, 1.807) is 23.6 Å². The van der Waals surface area contributed by atoms with Gasteiger partial charge in [-0.25, -0.2) is 4.79 Å². The summed E-state index contributed by atoms with van der Waals surface area (Å²) in [5, 5.41) is 20.4. The van der Waals surface area contributed by atoms with Crippen molar-refractivity contribution in [2.45, 2.75) is 46.8 Å². The third-order valence-corrected chi connectivity index (χ3v) is 4.78. The number of amides is 2. The van der Waals surface area contributed by atoms with E-state index < -0.39 is 17.9 Å². The fourth-order valence-corrected chi connectivity index (χ4v) is 3.12. The van der Waals surface area contributed by atoms with Crippen molar-refractivity contribution in [2.24, 2.45) is 5.41 Å². The van der Waals surface area contributed by atoms with Crippen LogP contribution in [-0.2, 0) is 17.9 Å². The Labute approximate surface area is 168 Å². The van der Waals surface area contributed by atoms with Gasteiger partial charge in [0.15, 0.2) is 5.82 Å². The number of carbonyl (C=O) groups is 3. The summed E-state index contributed by atoms with van der Waals surface area (Å²) >= 11 is 0. The van der Waals surface area contributed by atoms with Crippen LogP contribution in [0.25, 0.3) is 0 Å². The number of aliphatic carboxylic acids is 1. The number of carboxylic acid groups (broad SMARTS) is 1. The van der Waals surface area contributed by atoms with Gasteiger partial charge in [0.1, 0.15) is 11.9 Å². The van der Waals surface area contributed by atoms with E-state index in [1.165, 1.54) is 17.0 Å². The Morgan fingerprint density at radius 1 is 1.14 bits per heavy atom. The molecule has 3 rings (SSSR count). The van der Waals surface area contributed by atoms with E-state index in [-0.39, 0.29) is 24.4 Å². The lowest BCUT2D eigenvalue weighted by atomic mass is 9.97. The number of aromatic nitrogens is 3. The number of carbonyl (C=O) groups excluding carboxylic acids is 2. The molecule has 1 unspecified atom stereocenters. The number of nitrogens with zero attached hydrogens (tertiary/aromatic N) is 4. The Hall–Kier alpha value is -3.23. The van der Waals surface area contributed by atoms with Crippen molar-refractivity contribution >= 4 is 17.8 Å². The largest absolute Gasteiger partial charge is 0.480 e. The lowest BCUT2D eigenvalue weighted by Gasteiger charge is -2.33. The van der Waals surface area contributed by atoms with Crippen LogP contribution in [-0.4, -0.2) is 55.1 Å². The fraction of sp³-hybridized carbons (Fsp3) is 0.450. The van der Waals surface area contributed by atoms with Gasteiger partial charge < -0.3 is 19.9 Å². The van der Waals surface area contributed by atoms with E-state index in [2.05, 4.69) is 15.5 Å². The van der Waals surface area contributed by atoms with Gasteiger partial charge in [-0.3, -0.25) is 9.59 Å². The topological polar surface area (TPSA) is 117 Å². The summed E-state index contributed by atoms with van der Waals surface area (Å²) in [5.41, 5.74) is 0.716. The normalized spacial score (nSPS) is 16.3. The standard InChI is InChI=1S/C20H25N5O4/c1-12-22-23-16-10-25(15(19(28)29)9-24(12)16)18(27)14-7-5-13(6-8-14)17(26)21-11-20(2,3)4/h5-8,15H,9-11H2,1-4H3,(H,21,26)(H,28,29). The van der Waals surface area contributed by atoms with Crippen LogP contribution in [0.5, 0.6) is 0 Å². The summed E-state index contributed by atoms with van der Waals surface area (Å²) in [6.45, 7) is 8.50. The summed E-state index contributed by atoms with van der Waals surface area (Å²) in [4.78, 5) is 38.2. The van der Waals surface area contributed by atoms with Crippen molar-refractivity contribution in [1.82, 2.24) is 25.0 Å². The van der Waals surface area contributed by atoms with E-state index >= 15 is 0 Å². The molecule has 1 atom stereocenters. The van der Waals surface area contributed by atoms with Gasteiger partial charge in [0.05, 0.1) is 13.1 Å². The summed E-state index contributed by atoms with van der Waals surface area (Å²) in [5.74, 6) is -0.569. The molecular formula is C20H25N5O4. The minimum atomic E-state index is -1.09. The molecule has 1 aliphatic rings. The molecule has 2 aromatic rings. The highest BCUT2D eigenvalue weighted by Crippen LogP contribution is 2.21. The molecule has 2 heterocycles. The fourth-order valence-electron chi connectivity index (χ4n) is 3.12. The van der Waals surface area contributed by atoms with Crippen molar-refractivity contribution in [2.75, 3.05) is 6.54 Å². The van der Waals surface area contributed by atoms with E-state index in [9.17, 15) is 19.5 Å². The third-order valence-electron chi connectivity index (χ3n) is 4.78. The number of hydrogen-bond acceptors (Lipinski definition) is 5. The highest BCUT2D eigenvalue weighted by molar-refractivity contribution is 5.99. The first-order chi connectivity index (χ1) is 13.6. The van der Waals surface area contributed by atoms with Crippen molar-refractivity contribution in [3.63, 3.8) is 0 Å². The number of carboxylic acids is 1. The van der Waals surface area contributed by atoms with Crippen LogP contribution in [0, 0.1) is 12.3 Å². The molecule has 0 bridgehead atoms. The van der Waals surface area contributed by atoms with Gasteiger partial charge in [-0.1, -0.05) is 20.8 Å². The minimum Gasteiger partial charge on any atom is -0.480 e. The van der Waals surface area contributed by atoms with Crippen LogP contribution < -0.4 is 5.32 Å². The summed E-state index contributed by atoms with van der Waals surface area (Å²) in [6.07, 6.45) is 0. The van der Waals surface area contributed by atoms with E-state index in [1.807, 2.05) is 20.8 Å². The first kappa shape index (κ1) is 20.5. The molecule has 0 aliphatic carbocycles. The molecule has 0 saturated carbocycles. The first-order valence-electron chi connectivity index (χ1n) is 9.37. The number of benzene rings is 1. The maximum Gasteiger partial charge on any atom is 0.328 e. The number of rotatable bonds is 4. The Balaban J connectivity index is 1.77. The maximum absolute atomic E-state index is 13.0. The van der Waals surface area contributed by atoms with Gasteiger partial charge >= 0.3 is 5.97 Å². The van der Waals surface area contributed by atoms with Crippen LogP contribution in [0.1, 0.15) is 53.1 Å². The molecule has 1 aromatic carbocycles. The molecule has 2 N–H and O–H groups in total. The summed E-state index contributed by atoms with van der Waals surface area (Å²) in [6, 6.07) is 5.20. The molecular weight excluding hydrogens is 374 g/mol. The smallest absolute Gasteiger partial charge is 0.328 e. The van der Waals surface area contributed by atoms with Crippen molar-refractivity contribution < 1.29 is 19.5 Å². The Morgan fingerprint density at radius 2 is 1.76 bits per heavy atom. The lowest BCUT2D eigenvalue weighted by molar-refractivity contribution is -0.143. The van der Waals surface area contributed by atoms with Crippen molar-refractivity contribution in [3.8, 4) is 0 Å². The Bertz CT molecular complexity index is 943. The molecule has 2 amide bonds. The van der Waals surface area contributed by atoms with Crippen molar-refractivity contribution in [1.29, 1.82) is 0 Å². The zero-order chi connectivity index (χ0) is 21.3. The lowest BCUT2D eigenvalue weighted by Crippen LogP contribution is -2.50. The molecule has 0 saturated heterocycles. The second-order valence-corrected chi connectivity index (χ2v) is 8.38. The van der Waals surface area contributed by atoms with Gasteiger partial charge in [0.2, 0.25) is 0 Å². The average molecular weight is 399 g/mol. The van der Waals surface area contributed by atoms with Gasteiger partial charge in [0, 0.05) is 17.7 Å². The van der Waals surface area contributed by atoms with Gasteiger partial charge in [-0.05, 0) is 36.6 Å². The monoisotopic (exact) mass is 399 g/mol. The molecule has 154 valence electrons. The number of aryl methyl sites for hydroxylation is 1. The zero-order valence-corrected chi connectivity index (χ0v) is 17.0. The van der Waals surface area contributed by atoms with Crippen LogP contribution in [0.2, 0.25) is 0 Å². The molecule has 1 aliphatic heterocycles. The first-order valence-corrected chi connectivity index (χ1v) is 9.37. The Morgan fingerprint density at radius 3 is 2.34 bits per heavy atom. The molecule has 1 aromatic heterocycles. The maximum atomic E-state index is 13.0. The summed E-state index contributed by atoms with van der Waals surface area (Å²) in [7, 11) is 0.